The fraction of sp³-hybridized carbons (Fsp3) is 0.368. The van der Waals surface area contributed by atoms with Crippen LogP contribution in [0.5, 0.6) is 0 Å². The SMILES string of the molecule is Cc1ccc(NC(=O)NCc2cc3c(s2)CN(N2CCCCOO2)C3=O)cc1Cl. The van der Waals surface area contributed by atoms with Crippen LogP contribution in [-0.4, -0.2) is 35.3 Å². The summed E-state index contributed by atoms with van der Waals surface area (Å²) in [6, 6.07) is 6.84. The number of hydroxylamine groups is 1. The van der Waals surface area contributed by atoms with Crippen LogP contribution in [0.4, 0.5) is 10.5 Å². The maximum atomic E-state index is 12.7. The van der Waals surface area contributed by atoms with E-state index in [2.05, 4.69) is 10.6 Å². The van der Waals surface area contributed by atoms with E-state index in [0.717, 1.165) is 28.2 Å². The molecule has 0 spiro atoms. The molecule has 0 radical (unpaired) electrons. The lowest BCUT2D eigenvalue weighted by Gasteiger charge is -2.26. The Hall–Kier alpha value is -2.17. The maximum absolute atomic E-state index is 12.7. The number of benzene rings is 1. The molecule has 0 saturated carbocycles. The van der Waals surface area contributed by atoms with Crippen molar-refractivity contribution in [1.29, 1.82) is 0 Å². The number of amides is 3. The molecule has 0 atom stereocenters. The van der Waals surface area contributed by atoms with Crippen molar-refractivity contribution >= 4 is 40.6 Å². The first-order valence-corrected chi connectivity index (χ1v) is 10.5. The summed E-state index contributed by atoms with van der Waals surface area (Å²) in [4.78, 5) is 37.0. The number of rotatable bonds is 4. The van der Waals surface area contributed by atoms with Crippen LogP contribution in [0.25, 0.3) is 0 Å². The van der Waals surface area contributed by atoms with Gasteiger partial charge in [-0.1, -0.05) is 22.8 Å². The number of hydrazine groups is 1. The van der Waals surface area contributed by atoms with Gasteiger partial charge in [-0.05, 0) is 43.5 Å². The number of anilines is 1. The number of hydrogen-bond acceptors (Lipinski definition) is 6. The standard InChI is InChI=1S/C19H21ClN4O4S/c1-12-4-5-13(8-16(12)20)22-19(26)21-10-14-9-15-17(29-14)11-23(18(15)25)24-6-2-3-7-27-28-24/h4-5,8-9H,2-3,6-7,10-11H2,1H3,(H2,21,22,26). The van der Waals surface area contributed by atoms with Gasteiger partial charge in [0, 0.05) is 27.0 Å². The highest BCUT2D eigenvalue weighted by molar-refractivity contribution is 7.12. The minimum Gasteiger partial charge on any atom is -0.333 e. The highest BCUT2D eigenvalue weighted by Crippen LogP contribution is 2.32. The number of hydrogen-bond donors (Lipinski definition) is 2. The molecule has 1 fully saturated rings. The first-order valence-electron chi connectivity index (χ1n) is 9.33. The topological polar surface area (TPSA) is 83.1 Å². The number of thiophene rings is 1. The van der Waals surface area contributed by atoms with Crippen molar-refractivity contribution < 1.29 is 19.5 Å². The molecule has 4 rings (SSSR count). The molecule has 0 aliphatic carbocycles. The van der Waals surface area contributed by atoms with Gasteiger partial charge in [0.2, 0.25) is 0 Å². The number of carbonyl (C=O) groups excluding carboxylic acids is 2. The molecule has 29 heavy (non-hydrogen) atoms. The van der Waals surface area contributed by atoms with Crippen LogP contribution in [0.3, 0.4) is 0 Å². The third-order valence-electron chi connectivity index (χ3n) is 4.71. The van der Waals surface area contributed by atoms with E-state index in [1.54, 1.807) is 17.1 Å². The average Bonchev–Trinajstić information content (AvgIpc) is 3.09. The Morgan fingerprint density at radius 1 is 1.31 bits per heavy atom. The summed E-state index contributed by atoms with van der Waals surface area (Å²) in [7, 11) is 0. The van der Waals surface area contributed by atoms with Crippen molar-refractivity contribution in [2.75, 3.05) is 18.5 Å². The normalized spacial score (nSPS) is 17.2. The van der Waals surface area contributed by atoms with Crippen molar-refractivity contribution in [1.82, 2.24) is 15.5 Å². The molecule has 2 N–H and O–H groups in total. The van der Waals surface area contributed by atoms with Crippen molar-refractivity contribution in [3.05, 3.63) is 50.2 Å². The van der Waals surface area contributed by atoms with Gasteiger partial charge in [-0.3, -0.25) is 4.79 Å². The van der Waals surface area contributed by atoms with Gasteiger partial charge < -0.3 is 10.6 Å². The lowest BCUT2D eigenvalue weighted by molar-refractivity contribution is -0.463. The van der Waals surface area contributed by atoms with E-state index in [0.29, 0.717) is 42.5 Å². The van der Waals surface area contributed by atoms with Crippen molar-refractivity contribution in [2.24, 2.45) is 0 Å². The molecule has 3 amide bonds. The van der Waals surface area contributed by atoms with Gasteiger partial charge in [0.25, 0.3) is 5.91 Å². The number of nitrogens with zero attached hydrogens (tertiary/aromatic N) is 2. The van der Waals surface area contributed by atoms with Crippen LogP contribution in [0, 0.1) is 6.92 Å². The third kappa shape index (κ3) is 4.54. The highest BCUT2D eigenvalue weighted by Gasteiger charge is 2.35. The fourth-order valence-corrected chi connectivity index (χ4v) is 4.38. The molecule has 154 valence electrons. The van der Waals surface area contributed by atoms with Crippen LogP contribution in [0.1, 0.15) is 38.5 Å². The van der Waals surface area contributed by atoms with Gasteiger partial charge in [-0.15, -0.1) is 16.3 Å². The average molecular weight is 437 g/mol. The first kappa shape index (κ1) is 20.1. The van der Waals surface area contributed by atoms with Gasteiger partial charge in [-0.2, -0.15) is 0 Å². The molecule has 2 aromatic rings. The van der Waals surface area contributed by atoms with E-state index in [1.807, 2.05) is 19.1 Å². The van der Waals surface area contributed by atoms with Crippen molar-refractivity contribution in [2.45, 2.75) is 32.9 Å². The van der Waals surface area contributed by atoms with Crippen LogP contribution in [0.2, 0.25) is 5.02 Å². The van der Waals surface area contributed by atoms with E-state index >= 15 is 0 Å². The lowest BCUT2D eigenvalue weighted by atomic mass is 10.2. The number of carbonyl (C=O) groups is 2. The summed E-state index contributed by atoms with van der Waals surface area (Å²) < 4.78 is 0. The molecule has 1 aromatic carbocycles. The van der Waals surface area contributed by atoms with Crippen LogP contribution < -0.4 is 10.6 Å². The second-order valence-corrected chi connectivity index (χ2v) is 8.49. The van der Waals surface area contributed by atoms with E-state index in [-0.39, 0.29) is 11.9 Å². The van der Waals surface area contributed by atoms with Crippen molar-refractivity contribution in [3.63, 3.8) is 0 Å². The summed E-state index contributed by atoms with van der Waals surface area (Å²) in [5.74, 6) is -0.119. The number of nitrogens with one attached hydrogen (secondary N) is 2. The van der Waals surface area contributed by atoms with Crippen LogP contribution in [-0.2, 0) is 23.0 Å². The summed E-state index contributed by atoms with van der Waals surface area (Å²) >= 11 is 7.58. The van der Waals surface area contributed by atoms with Crippen molar-refractivity contribution in [3.8, 4) is 0 Å². The zero-order valence-electron chi connectivity index (χ0n) is 15.9. The maximum Gasteiger partial charge on any atom is 0.319 e. The molecule has 3 heterocycles. The first-order chi connectivity index (χ1) is 14.0. The Labute approximate surface area is 177 Å². The highest BCUT2D eigenvalue weighted by atomic mass is 35.5. The Morgan fingerprint density at radius 3 is 2.97 bits per heavy atom. The predicted molar refractivity (Wildman–Crippen MR) is 109 cm³/mol. The number of urea groups is 1. The summed E-state index contributed by atoms with van der Waals surface area (Å²) in [5, 5.41) is 9.19. The van der Waals surface area contributed by atoms with Gasteiger partial charge in [0.05, 0.1) is 25.3 Å². The summed E-state index contributed by atoms with van der Waals surface area (Å²) in [6.07, 6.45) is 1.79. The number of fused-ring (bicyclic) bond motifs is 1. The Balaban J connectivity index is 1.32. The van der Waals surface area contributed by atoms with Gasteiger partial charge in [0.15, 0.2) is 0 Å². The molecule has 10 heteroatoms. The monoisotopic (exact) mass is 436 g/mol. The quantitative estimate of drug-likeness (QED) is 0.711. The van der Waals surface area contributed by atoms with Gasteiger partial charge in [-0.25, -0.2) is 14.7 Å². The minimum atomic E-state index is -0.332. The third-order valence-corrected chi connectivity index (χ3v) is 6.23. The van der Waals surface area contributed by atoms with E-state index in [9.17, 15) is 9.59 Å². The molecule has 2 aliphatic rings. The zero-order valence-corrected chi connectivity index (χ0v) is 17.4. The molecule has 0 bridgehead atoms. The van der Waals surface area contributed by atoms with E-state index in [1.165, 1.54) is 16.5 Å². The molecular weight excluding hydrogens is 416 g/mol. The predicted octanol–water partition coefficient (Wildman–Crippen LogP) is 3.86. The van der Waals surface area contributed by atoms with Gasteiger partial charge >= 0.3 is 6.03 Å². The largest absolute Gasteiger partial charge is 0.333 e. The minimum absolute atomic E-state index is 0.119. The van der Waals surface area contributed by atoms with E-state index in [4.69, 9.17) is 21.5 Å². The van der Waals surface area contributed by atoms with E-state index < -0.39 is 0 Å². The summed E-state index contributed by atoms with van der Waals surface area (Å²) in [5.41, 5.74) is 2.21. The second-order valence-electron chi connectivity index (χ2n) is 6.86. The van der Waals surface area contributed by atoms with Crippen LogP contribution in [0.15, 0.2) is 24.3 Å². The summed E-state index contributed by atoms with van der Waals surface area (Å²) in [6.45, 7) is 3.80. The molecule has 8 nitrogen and oxygen atoms in total. The molecule has 2 aliphatic heterocycles. The Morgan fingerprint density at radius 2 is 2.17 bits per heavy atom. The Kier molecular flexibility index (Phi) is 6.02. The second kappa shape index (κ2) is 8.68. The molecule has 1 saturated heterocycles. The van der Waals surface area contributed by atoms with Gasteiger partial charge in [0.1, 0.15) is 0 Å². The smallest absolute Gasteiger partial charge is 0.319 e. The van der Waals surface area contributed by atoms with Crippen LogP contribution >= 0.6 is 22.9 Å². The Bertz CT molecular complexity index is 927. The molecule has 1 aromatic heterocycles. The zero-order chi connectivity index (χ0) is 20.4. The molecule has 0 unspecified atom stereocenters. The molecular formula is C19H21ClN4O4S. The fourth-order valence-electron chi connectivity index (χ4n) is 3.11. The number of aryl methyl sites for hydroxylation is 1. The lowest BCUT2D eigenvalue weighted by Crippen LogP contribution is -2.42. The number of halogens is 1.